The number of carbonyl (C=O) groups excluding carboxylic acids is 1. The van der Waals surface area contributed by atoms with Crippen LogP contribution in [0.1, 0.15) is 18.4 Å². The number of amides is 1. The highest BCUT2D eigenvalue weighted by atomic mass is 16.3. The lowest BCUT2D eigenvalue weighted by molar-refractivity contribution is -0.120. The lowest BCUT2D eigenvalue weighted by Crippen LogP contribution is -2.50. The third-order valence-electron chi connectivity index (χ3n) is 3.68. The number of hydrazine groups is 1. The lowest BCUT2D eigenvalue weighted by atomic mass is 10.0. The second kappa shape index (κ2) is 10.9. The van der Waals surface area contributed by atoms with Gasteiger partial charge < -0.3 is 27.6 Å². The largest absolute Gasteiger partial charge is 0.508 e. The zero-order chi connectivity index (χ0) is 17.9. The van der Waals surface area contributed by atoms with E-state index in [-0.39, 0.29) is 11.8 Å². The van der Waals surface area contributed by atoms with Crippen molar-refractivity contribution in [1.82, 2.24) is 16.1 Å². The lowest BCUT2D eigenvalue weighted by Gasteiger charge is -2.21. The molecule has 2 atom stereocenters. The highest BCUT2D eigenvalue weighted by Gasteiger charge is 2.17. The summed E-state index contributed by atoms with van der Waals surface area (Å²) in [4.78, 5) is 11.6. The monoisotopic (exact) mass is 339 g/mol. The van der Waals surface area contributed by atoms with Gasteiger partial charge in [-0.2, -0.15) is 0 Å². The van der Waals surface area contributed by atoms with Gasteiger partial charge >= 0.3 is 0 Å². The standard InChI is InChI=1S/C15H29N7O2/c16-14(24)13(8-10-3-5-12(23)6-4-10)21-9-11(22-19)2-1-7-20-15(17)18/h3-6,11,13,15,20-23H,1-2,7-9,17-19H2,(H2,16,24)/t11-,13-/m0/s1. The predicted octanol–water partition coefficient (Wildman–Crippen LogP) is -2.22. The van der Waals surface area contributed by atoms with E-state index in [1.54, 1.807) is 24.3 Å². The normalized spacial score (nSPS) is 13.8. The average Bonchev–Trinajstić information content (AvgIpc) is 2.54. The molecule has 1 aromatic rings. The van der Waals surface area contributed by atoms with E-state index >= 15 is 0 Å². The molecule has 0 unspecified atom stereocenters. The van der Waals surface area contributed by atoms with E-state index in [0.29, 0.717) is 19.5 Å². The van der Waals surface area contributed by atoms with Crippen LogP contribution in [0.2, 0.25) is 0 Å². The van der Waals surface area contributed by atoms with Crippen LogP contribution >= 0.6 is 0 Å². The quantitative estimate of drug-likeness (QED) is 0.0913. The smallest absolute Gasteiger partial charge is 0.234 e. The number of aromatic hydroxyl groups is 1. The molecule has 0 saturated carbocycles. The number of nitrogens with one attached hydrogen (secondary N) is 3. The second-order valence-electron chi connectivity index (χ2n) is 5.72. The van der Waals surface area contributed by atoms with Crippen molar-refractivity contribution in [2.45, 2.75) is 37.6 Å². The Bertz CT molecular complexity index is 481. The summed E-state index contributed by atoms with van der Waals surface area (Å²) in [6, 6.07) is 6.14. The minimum atomic E-state index is -0.531. The molecule has 0 radical (unpaired) electrons. The van der Waals surface area contributed by atoms with Crippen molar-refractivity contribution in [2.75, 3.05) is 13.1 Å². The zero-order valence-electron chi connectivity index (χ0n) is 13.7. The number of benzene rings is 1. The fourth-order valence-corrected chi connectivity index (χ4v) is 2.29. The Morgan fingerprint density at radius 3 is 2.38 bits per heavy atom. The van der Waals surface area contributed by atoms with E-state index in [9.17, 15) is 9.90 Å². The molecule has 1 rings (SSSR count). The SMILES string of the molecule is NN[C@@H](CCCNC(N)N)CN[C@@H](Cc1ccc(O)cc1)C(N)=O. The Morgan fingerprint density at radius 1 is 1.17 bits per heavy atom. The van der Waals surface area contributed by atoms with Crippen molar-refractivity contribution in [3.05, 3.63) is 29.8 Å². The summed E-state index contributed by atoms with van der Waals surface area (Å²) < 4.78 is 0. The van der Waals surface area contributed by atoms with E-state index in [1.807, 2.05) is 0 Å². The van der Waals surface area contributed by atoms with Crippen LogP contribution in [0.4, 0.5) is 0 Å². The van der Waals surface area contributed by atoms with Crippen LogP contribution in [0.5, 0.6) is 5.75 Å². The summed E-state index contributed by atoms with van der Waals surface area (Å²) in [6.07, 6.45) is 1.53. The number of nitrogens with two attached hydrogens (primary N) is 4. The zero-order valence-corrected chi connectivity index (χ0v) is 13.7. The topological polar surface area (TPSA) is 177 Å². The molecule has 136 valence electrons. The van der Waals surface area contributed by atoms with E-state index in [4.69, 9.17) is 23.0 Å². The van der Waals surface area contributed by atoms with Gasteiger partial charge in [0.15, 0.2) is 0 Å². The Morgan fingerprint density at radius 2 is 1.83 bits per heavy atom. The number of rotatable bonds is 12. The maximum Gasteiger partial charge on any atom is 0.234 e. The summed E-state index contributed by atoms with van der Waals surface area (Å²) in [6.45, 7) is 1.18. The van der Waals surface area contributed by atoms with Gasteiger partial charge in [0.2, 0.25) is 5.91 Å². The Kier molecular flexibility index (Phi) is 9.23. The first-order chi connectivity index (χ1) is 11.4. The molecular weight excluding hydrogens is 310 g/mol. The molecule has 0 aliphatic heterocycles. The van der Waals surface area contributed by atoms with E-state index in [0.717, 1.165) is 18.4 Å². The van der Waals surface area contributed by atoms with Gasteiger partial charge in [-0.05, 0) is 43.5 Å². The van der Waals surface area contributed by atoms with Gasteiger partial charge in [0.1, 0.15) is 12.0 Å². The van der Waals surface area contributed by atoms with E-state index in [2.05, 4.69) is 16.1 Å². The Balaban J connectivity index is 2.43. The van der Waals surface area contributed by atoms with Gasteiger partial charge in [-0.1, -0.05) is 12.1 Å². The van der Waals surface area contributed by atoms with Crippen molar-refractivity contribution in [3.63, 3.8) is 0 Å². The number of hydrogen-bond acceptors (Lipinski definition) is 8. The van der Waals surface area contributed by atoms with Crippen LogP contribution in [-0.4, -0.2) is 42.5 Å². The molecule has 0 aromatic heterocycles. The van der Waals surface area contributed by atoms with Crippen molar-refractivity contribution >= 4 is 5.91 Å². The van der Waals surface area contributed by atoms with Crippen LogP contribution in [0, 0.1) is 0 Å². The van der Waals surface area contributed by atoms with Gasteiger partial charge in [0, 0.05) is 12.6 Å². The first-order valence-corrected chi connectivity index (χ1v) is 7.93. The summed E-state index contributed by atoms with van der Waals surface area (Å²) in [5, 5.41) is 15.3. The maximum absolute atomic E-state index is 11.6. The number of hydrogen-bond donors (Lipinski definition) is 8. The third-order valence-corrected chi connectivity index (χ3v) is 3.68. The van der Waals surface area contributed by atoms with Gasteiger partial charge in [0.25, 0.3) is 0 Å². The molecule has 9 nitrogen and oxygen atoms in total. The summed E-state index contributed by atoms with van der Waals surface area (Å²) >= 11 is 0. The molecule has 24 heavy (non-hydrogen) atoms. The number of phenols is 1. The third kappa shape index (κ3) is 8.20. The molecule has 12 N–H and O–H groups in total. The van der Waals surface area contributed by atoms with E-state index < -0.39 is 18.2 Å². The molecular formula is C15H29N7O2. The molecule has 1 aromatic carbocycles. The van der Waals surface area contributed by atoms with Gasteiger partial charge in [-0.15, -0.1) is 0 Å². The fraction of sp³-hybridized carbons (Fsp3) is 0.533. The average molecular weight is 339 g/mol. The van der Waals surface area contributed by atoms with Crippen molar-refractivity contribution in [3.8, 4) is 5.75 Å². The maximum atomic E-state index is 11.6. The van der Waals surface area contributed by atoms with Gasteiger partial charge in [-0.25, -0.2) is 0 Å². The van der Waals surface area contributed by atoms with Crippen LogP contribution in [-0.2, 0) is 11.2 Å². The van der Waals surface area contributed by atoms with Gasteiger partial charge in [0.05, 0.1) is 6.04 Å². The molecule has 0 fully saturated rings. The van der Waals surface area contributed by atoms with Crippen molar-refractivity contribution < 1.29 is 9.90 Å². The van der Waals surface area contributed by atoms with Crippen LogP contribution in [0.25, 0.3) is 0 Å². The first-order valence-electron chi connectivity index (χ1n) is 7.93. The Labute approximate surface area is 142 Å². The summed E-state index contributed by atoms with van der Waals surface area (Å²) in [7, 11) is 0. The Hall–Kier alpha value is -1.75. The summed E-state index contributed by atoms with van der Waals surface area (Å²) in [5.74, 6) is 5.29. The first kappa shape index (κ1) is 20.3. The second-order valence-corrected chi connectivity index (χ2v) is 5.72. The molecule has 9 heteroatoms. The number of phenolic OH excluding ortho intramolecular Hbond substituents is 1. The molecule has 0 aliphatic rings. The number of primary amides is 1. The molecule has 0 saturated heterocycles. The highest BCUT2D eigenvalue weighted by molar-refractivity contribution is 5.80. The van der Waals surface area contributed by atoms with Gasteiger partial charge in [-0.3, -0.25) is 21.4 Å². The minimum Gasteiger partial charge on any atom is -0.508 e. The fourth-order valence-electron chi connectivity index (χ4n) is 2.29. The van der Waals surface area contributed by atoms with Crippen LogP contribution in [0.3, 0.4) is 0 Å². The minimum absolute atomic E-state index is 0.0116. The molecule has 1 amide bonds. The molecule has 0 spiro atoms. The van der Waals surface area contributed by atoms with Crippen molar-refractivity contribution in [2.24, 2.45) is 23.0 Å². The van der Waals surface area contributed by atoms with Crippen LogP contribution in [0.15, 0.2) is 24.3 Å². The van der Waals surface area contributed by atoms with Crippen LogP contribution < -0.4 is 39.1 Å². The predicted molar refractivity (Wildman–Crippen MR) is 93.3 cm³/mol. The molecule has 0 aliphatic carbocycles. The highest BCUT2D eigenvalue weighted by Crippen LogP contribution is 2.11. The summed E-state index contributed by atoms with van der Waals surface area (Å²) in [5.41, 5.74) is 19.9. The van der Waals surface area contributed by atoms with E-state index in [1.165, 1.54) is 0 Å². The molecule has 0 bridgehead atoms. The molecule has 0 heterocycles. The van der Waals surface area contributed by atoms with Crippen molar-refractivity contribution in [1.29, 1.82) is 0 Å². The number of carbonyl (C=O) groups is 1.